The maximum atomic E-state index is 11.8. The van der Waals surface area contributed by atoms with E-state index >= 15 is 0 Å². The van der Waals surface area contributed by atoms with Gasteiger partial charge in [-0.3, -0.25) is 0 Å². The van der Waals surface area contributed by atoms with Crippen LogP contribution in [0.3, 0.4) is 0 Å². The van der Waals surface area contributed by atoms with E-state index in [1.807, 2.05) is 27.7 Å². The van der Waals surface area contributed by atoms with Gasteiger partial charge in [-0.05, 0) is 18.8 Å². The number of oxazole rings is 1. The molecule has 0 aliphatic carbocycles. The lowest BCUT2D eigenvalue weighted by molar-refractivity contribution is 0.396. The van der Waals surface area contributed by atoms with Gasteiger partial charge in [-0.2, -0.15) is 0 Å². The fraction of sp³-hybridized carbons (Fsp3) is 0.769. The first-order valence-electron chi connectivity index (χ1n) is 6.49. The van der Waals surface area contributed by atoms with Crippen LogP contribution >= 0.6 is 0 Å². The van der Waals surface area contributed by atoms with E-state index in [0.717, 1.165) is 11.5 Å². The van der Waals surface area contributed by atoms with E-state index < -0.39 is 10.0 Å². The number of hydrogen-bond donors (Lipinski definition) is 1. The fourth-order valence-corrected chi connectivity index (χ4v) is 3.08. The van der Waals surface area contributed by atoms with Crippen LogP contribution in [0.4, 0.5) is 0 Å². The molecule has 0 saturated heterocycles. The largest absolute Gasteiger partial charge is 0.446 e. The van der Waals surface area contributed by atoms with Crippen LogP contribution in [0.1, 0.15) is 44.5 Å². The Morgan fingerprint density at radius 1 is 1.26 bits per heavy atom. The first-order chi connectivity index (χ1) is 8.59. The molecule has 0 bridgehead atoms. The monoisotopic (exact) mass is 288 g/mol. The maximum absolute atomic E-state index is 11.8. The van der Waals surface area contributed by atoms with E-state index in [2.05, 4.69) is 9.71 Å². The van der Waals surface area contributed by atoms with Crippen molar-refractivity contribution in [2.45, 2.75) is 47.5 Å². The fourth-order valence-electron chi connectivity index (χ4n) is 1.64. The summed E-state index contributed by atoms with van der Waals surface area (Å²) in [4.78, 5) is 4.21. The first-order valence-corrected chi connectivity index (χ1v) is 8.14. The molecule has 1 aromatic rings. The first kappa shape index (κ1) is 16.2. The Morgan fingerprint density at radius 3 is 2.37 bits per heavy atom. The quantitative estimate of drug-likeness (QED) is 0.871. The zero-order valence-electron chi connectivity index (χ0n) is 12.4. The molecule has 5 nitrogen and oxygen atoms in total. The van der Waals surface area contributed by atoms with E-state index in [-0.39, 0.29) is 11.2 Å². The molecule has 0 fully saturated rings. The summed E-state index contributed by atoms with van der Waals surface area (Å²) >= 11 is 0. The number of hydrogen-bond acceptors (Lipinski definition) is 4. The molecule has 0 radical (unpaired) electrons. The number of sulfonamides is 1. The Morgan fingerprint density at radius 2 is 1.89 bits per heavy atom. The van der Waals surface area contributed by atoms with Gasteiger partial charge in [0.05, 0.1) is 11.4 Å². The molecule has 1 aromatic heterocycles. The van der Waals surface area contributed by atoms with Gasteiger partial charge in [0.2, 0.25) is 10.0 Å². The van der Waals surface area contributed by atoms with Crippen LogP contribution in [0.25, 0.3) is 0 Å². The van der Waals surface area contributed by atoms with Gasteiger partial charge in [-0.25, -0.2) is 18.1 Å². The van der Waals surface area contributed by atoms with Crippen molar-refractivity contribution in [1.82, 2.24) is 9.71 Å². The predicted octanol–water partition coefficient (Wildman–Crippen LogP) is 2.19. The van der Waals surface area contributed by atoms with Gasteiger partial charge < -0.3 is 4.42 Å². The highest BCUT2D eigenvalue weighted by Crippen LogP contribution is 2.18. The standard InChI is InChI=1S/C13H24N2O3S/c1-10-12(15-11(2)18-10)6-8-14-19(16,17)9-7-13(3,4)5/h14H,6-9H2,1-5H3. The third kappa shape index (κ3) is 6.20. The predicted molar refractivity (Wildman–Crippen MR) is 75.5 cm³/mol. The lowest BCUT2D eigenvalue weighted by atomic mass is 9.94. The molecule has 0 aromatic carbocycles. The summed E-state index contributed by atoms with van der Waals surface area (Å²) in [6, 6.07) is 0. The normalized spacial score (nSPS) is 12.9. The molecule has 0 aliphatic heterocycles. The second kappa shape index (κ2) is 6.05. The Kier molecular flexibility index (Phi) is 5.15. The molecular weight excluding hydrogens is 264 g/mol. The minimum Gasteiger partial charge on any atom is -0.446 e. The minimum absolute atomic E-state index is 0.0224. The van der Waals surface area contributed by atoms with Crippen molar-refractivity contribution in [3.63, 3.8) is 0 Å². The maximum Gasteiger partial charge on any atom is 0.211 e. The second-order valence-corrected chi connectivity index (χ2v) is 7.94. The number of aryl methyl sites for hydroxylation is 2. The Labute approximate surface area is 115 Å². The summed E-state index contributed by atoms with van der Waals surface area (Å²) in [5, 5.41) is 0. The summed E-state index contributed by atoms with van der Waals surface area (Å²) in [6.07, 6.45) is 1.20. The molecule has 0 unspecified atom stereocenters. The molecule has 1 heterocycles. The average molecular weight is 288 g/mol. The van der Waals surface area contributed by atoms with E-state index in [9.17, 15) is 8.42 Å². The highest BCUT2D eigenvalue weighted by molar-refractivity contribution is 7.89. The highest BCUT2D eigenvalue weighted by atomic mass is 32.2. The molecule has 110 valence electrons. The van der Waals surface area contributed by atoms with Crippen molar-refractivity contribution >= 4 is 10.0 Å². The molecule has 19 heavy (non-hydrogen) atoms. The smallest absolute Gasteiger partial charge is 0.211 e. The summed E-state index contributed by atoms with van der Waals surface area (Å²) in [5.41, 5.74) is 0.838. The Balaban J connectivity index is 2.42. The van der Waals surface area contributed by atoms with Gasteiger partial charge in [0.1, 0.15) is 5.76 Å². The molecule has 6 heteroatoms. The minimum atomic E-state index is -3.20. The van der Waals surface area contributed by atoms with Gasteiger partial charge in [0.15, 0.2) is 5.89 Å². The second-order valence-electron chi connectivity index (χ2n) is 6.01. The molecule has 0 aliphatic rings. The van der Waals surface area contributed by atoms with Crippen LogP contribution in [0.5, 0.6) is 0 Å². The molecule has 0 spiro atoms. The third-order valence-electron chi connectivity index (χ3n) is 2.80. The lowest BCUT2D eigenvalue weighted by Crippen LogP contribution is -2.30. The van der Waals surface area contributed by atoms with E-state index in [1.165, 1.54) is 0 Å². The van der Waals surface area contributed by atoms with Crippen molar-refractivity contribution in [3.05, 3.63) is 17.3 Å². The number of aromatic nitrogens is 1. The Bertz CT molecular complexity index is 512. The summed E-state index contributed by atoms with van der Waals surface area (Å²) < 4.78 is 31.5. The van der Waals surface area contributed by atoms with Crippen LogP contribution in [0.2, 0.25) is 0 Å². The zero-order chi connectivity index (χ0) is 14.7. The SMILES string of the molecule is Cc1nc(CCNS(=O)(=O)CCC(C)(C)C)c(C)o1. The number of nitrogens with one attached hydrogen (secondary N) is 1. The third-order valence-corrected chi connectivity index (χ3v) is 4.19. The summed E-state index contributed by atoms with van der Waals surface area (Å²) in [7, 11) is -3.20. The van der Waals surface area contributed by atoms with Gasteiger partial charge >= 0.3 is 0 Å². The van der Waals surface area contributed by atoms with E-state index in [1.54, 1.807) is 6.92 Å². The van der Waals surface area contributed by atoms with Crippen molar-refractivity contribution in [2.75, 3.05) is 12.3 Å². The number of nitrogens with zero attached hydrogens (tertiary/aromatic N) is 1. The Hall–Kier alpha value is -0.880. The highest BCUT2D eigenvalue weighted by Gasteiger charge is 2.17. The number of rotatable bonds is 6. The summed E-state index contributed by atoms with van der Waals surface area (Å²) in [6.45, 7) is 10.1. The molecule has 0 atom stereocenters. The molecule has 1 N–H and O–H groups in total. The molecule has 0 saturated carbocycles. The molecule has 1 rings (SSSR count). The lowest BCUT2D eigenvalue weighted by Gasteiger charge is -2.17. The average Bonchev–Trinajstić information content (AvgIpc) is 2.54. The topological polar surface area (TPSA) is 72.2 Å². The van der Waals surface area contributed by atoms with Crippen molar-refractivity contribution in [3.8, 4) is 0 Å². The van der Waals surface area contributed by atoms with Gasteiger partial charge in [-0.15, -0.1) is 0 Å². The van der Waals surface area contributed by atoms with E-state index in [4.69, 9.17) is 4.42 Å². The zero-order valence-corrected chi connectivity index (χ0v) is 13.2. The summed E-state index contributed by atoms with van der Waals surface area (Å²) in [5.74, 6) is 1.53. The van der Waals surface area contributed by atoms with Crippen LogP contribution < -0.4 is 4.72 Å². The van der Waals surface area contributed by atoms with Crippen molar-refractivity contribution in [1.29, 1.82) is 0 Å². The van der Waals surface area contributed by atoms with E-state index in [0.29, 0.717) is 25.3 Å². The molecular formula is C13H24N2O3S. The van der Waals surface area contributed by atoms with Gasteiger partial charge in [-0.1, -0.05) is 20.8 Å². The van der Waals surface area contributed by atoms with Gasteiger partial charge in [0, 0.05) is 19.9 Å². The van der Waals surface area contributed by atoms with Crippen LogP contribution in [-0.2, 0) is 16.4 Å². The van der Waals surface area contributed by atoms with Crippen LogP contribution in [0.15, 0.2) is 4.42 Å². The van der Waals surface area contributed by atoms with Crippen LogP contribution in [0, 0.1) is 19.3 Å². The molecule has 0 amide bonds. The van der Waals surface area contributed by atoms with Gasteiger partial charge in [0.25, 0.3) is 0 Å². The van der Waals surface area contributed by atoms with Crippen LogP contribution in [-0.4, -0.2) is 25.7 Å². The van der Waals surface area contributed by atoms with Crippen molar-refractivity contribution < 1.29 is 12.8 Å². The van der Waals surface area contributed by atoms with Crippen molar-refractivity contribution in [2.24, 2.45) is 5.41 Å².